The van der Waals surface area contributed by atoms with Crippen molar-refractivity contribution in [3.63, 3.8) is 0 Å². The van der Waals surface area contributed by atoms with Crippen LogP contribution in [0.3, 0.4) is 0 Å². The number of hydrogen-bond acceptors (Lipinski definition) is 7. The molecule has 1 saturated carbocycles. The van der Waals surface area contributed by atoms with Crippen LogP contribution in [0.4, 0.5) is 4.79 Å². The third-order valence-corrected chi connectivity index (χ3v) is 8.87. The molecule has 0 saturated heterocycles. The predicted molar refractivity (Wildman–Crippen MR) is 142 cm³/mol. The quantitative estimate of drug-likeness (QED) is 0.503. The Hall–Kier alpha value is -3.08. The fourth-order valence-electron chi connectivity index (χ4n) is 5.43. The number of rotatable bonds is 7. The molecular weight excluding hydrogens is 494 g/mol. The van der Waals surface area contributed by atoms with Gasteiger partial charge in [-0.2, -0.15) is 5.10 Å². The summed E-state index contributed by atoms with van der Waals surface area (Å²) >= 11 is 0. The molecule has 4 atom stereocenters. The Labute approximate surface area is 218 Å². The van der Waals surface area contributed by atoms with Crippen LogP contribution in [0.2, 0.25) is 0 Å². The molecule has 2 aromatic rings. The van der Waals surface area contributed by atoms with E-state index in [0.717, 1.165) is 31.2 Å². The summed E-state index contributed by atoms with van der Waals surface area (Å²) in [6, 6.07) is 7.30. The van der Waals surface area contributed by atoms with Crippen molar-refractivity contribution in [2.75, 3.05) is 6.26 Å². The monoisotopic (exact) mass is 531 g/mol. The van der Waals surface area contributed by atoms with Crippen LogP contribution in [0.5, 0.6) is 0 Å². The number of carbonyl (C=O) groups excluding carboxylic acids is 2. The van der Waals surface area contributed by atoms with E-state index in [1.54, 1.807) is 23.7 Å². The van der Waals surface area contributed by atoms with Gasteiger partial charge in [-0.05, 0) is 51.5 Å². The van der Waals surface area contributed by atoms with E-state index in [0.29, 0.717) is 23.3 Å². The van der Waals surface area contributed by atoms with Gasteiger partial charge in [-0.25, -0.2) is 13.2 Å². The van der Waals surface area contributed by atoms with Gasteiger partial charge in [0.1, 0.15) is 11.9 Å². The molecular formula is C26H37N5O5S. The fraction of sp³-hybridized carbons (Fsp3) is 0.577. The molecule has 2 aliphatic rings. The first-order chi connectivity index (χ1) is 17.4. The largest absolute Gasteiger partial charge is 0.446 e. The summed E-state index contributed by atoms with van der Waals surface area (Å²) in [7, 11) is -1.78. The van der Waals surface area contributed by atoms with Gasteiger partial charge in [0.05, 0.1) is 16.9 Å². The zero-order valence-corrected chi connectivity index (χ0v) is 22.9. The molecule has 1 aromatic heterocycles. The highest BCUT2D eigenvalue weighted by atomic mass is 32.2. The van der Waals surface area contributed by atoms with Gasteiger partial charge in [0.2, 0.25) is 5.91 Å². The predicted octanol–water partition coefficient (Wildman–Crippen LogP) is 3.00. The summed E-state index contributed by atoms with van der Waals surface area (Å²) in [4.78, 5) is 25.3. The van der Waals surface area contributed by atoms with Crippen molar-refractivity contribution in [3.05, 3.63) is 30.0 Å². The Balaban J connectivity index is 1.37. The molecule has 1 unspecified atom stereocenters. The second-order valence-electron chi connectivity index (χ2n) is 10.6. The number of aromatic nitrogens is 1. The van der Waals surface area contributed by atoms with Crippen LogP contribution in [0.1, 0.15) is 58.6 Å². The Bertz CT molecular complexity index is 1330. The summed E-state index contributed by atoms with van der Waals surface area (Å²) in [6.07, 6.45) is 4.30. The van der Waals surface area contributed by atoms with Gasteiger partial charge in [0.25, 0.3) is 0 Å². The van der Waals surface area contributed by atoms with Gasteiger partial charge in [-0.15, -0.1) is 0 Å². The van der Waals surface area contributed by atoms with Gasteiger partial charge < -0.3 is 25.4 Å². The number of nitrogens with one attached hydrogen (secondary N) is 3. The van der Waals surface area contributed by atoms with Crippen molar-refractivity contribution in [3.8, 4) is 0 Å². The SMILES string of the molecule is CC[C@H](C)NC(=O)O[C@@H]1CC[C@H](C2(C)CC(NC(=O)Cc3c(S(C)(=O)=O)c4ccccc4n3C)=NN2)C1. The number of hydrazone groups is 1. The van der Waals surface area contributed by atoms with Crippen LogP contribution in [0.15, 0.2) is 34.3 Å². The van der Waals surface area contributed by atoms with Crippen LogP contribution in [-0.4, -0.2) is 54.8 Å². The lowest BCUT2D eigenvalue weighted by molar-refractivity contribution is -0.119. The average molecular weight is 532 g/mol. The maximum absolute atomic E-state index is 13.0. The van der Waals surface area contributed by atoms with E-state index in [2.05, 4.69) is 28.1 Å². The van der Waals surface area contributed by atoms with E-state index in [1.165, 1.54) is 6.26 Å². The first-order valence-electron chi connectivity index (χ1n) is 12.8. The van der Waals surface area contributed by atoms with Crippen molar-refractivity contribution in [2.24, 2.45) is 18.1 Å². The van der Waals surface area contributed by atoms with E-state index in [1.807, 2.05) is 26.0 Å². The zero-order chi connectivity index (χ0) is 27.0. The number of alkyl carbamates (subject to hydrolysis) is 1. The molecule has 1 aromatic carbocycles. The minimum atomic E-state index is -3.55. The number of ether oxygens (including phenoxy) is 1. The highest BCUT2D eigenvalue weighted by Crippen LogP contribution is 2.39. The molecule has 10 nitrogen and oxygen atoms in total. The van der Waals surface area contributed by atoms with Gasteiger partial charge >= 0.3 is 6.09 Å². The van der Waals surface area contributed by atoms with Gasteiger partial charge in [0.15, 0.2) is 9.84 Å². The number of nitrogens with zero attached hydrogens (tertiary/aromatic N) is 2. The number of aryl methyl sites for hydroxylation is 1. The zero-order valence-electron chi connectivity index (χ0n) is 22.1. The molecule has 37 heavy (non-hydrogen) atoms. The minimum Gasteiger partial charge on any atom is -0.446 e. The summed E-state index contributed by atoms with van der Waals surface area (Å²) < 4.78 is 32.6. The first kappa shape index (κ1) is 27.0. The summed E-state index contributed by atoms with van der Waals surface area (Å²) in [5, 5.41) is 10.7. The van der Waals surface area contributed by atoms with Crippen molar-refractivity contribution in [1.29, 1.82) is 0 Å². The Kier molecular flexibility index (Phi) is 7.55. The molecule has 0 spiro atoms. The summed E-state index contributed by atoms with van der Waals surface area (Å²) in [5.74, 6) is 0.420. The Morgan fingerprint density at radius 1 is 1.30 bits per heavy atom. The maximum atomic E-state index is 13.0. The number of amidine groups is 1. The van der Waals surface area contributed by atoms with Crippen LogP contribution in [0.25, 0.3) is 10.9 Å². The van der Waals surface area contributed by atoms with E-state index in [4.69, 9.17) is 4.74 Å². The molecule has 0 radical (unpaired) electrons. The number of hydrogen-bond donors (Lipinski definition) is 3. The number of fused-ring (bicyclic) bond motifs is 1. The molecule has 3 N–H and O–H groups in total. The maximum Gasteiger partial charge on any atom is 0.407 e. The topological polar surface area (TPSA) is 131 Å². The smallest absolute Gasteiger partial charge is 0.407 e. The number of para-hydroxylation sites is 1. The number of amides is 2. The minimum absolute atomic E-state index is 0.0701. The highest BCUT2D eigenvalue weighted by Gasteiger charge is 2.44. The first-order valence-corrected chi connectivity index (χ1v) is 14.7. The lowest BCUT2D eigenvalue weighted by atomic mass is 9.82. The van der Waals surface area contributed by atoms with E-state index in [9.17, 15) is 18.0 Å². The Morgan fingerprint density at radius 2 is 2.03 bits per heavy atom. The van der Waals surface area contributed by atoms with Crippen molar-refractivity contribution >= 4 is 38.6 Å². The number of sulfone groups is 1. The molecule has 0 bridgehead atoms. The normalized spacial score (nSPS) is 24.4. The lowest BCUT2D eigenvalue weighted by Gasteiger charge is -2.30. The third kappa shape index (κ3) is 5.76. The number of carbonyl (C=O) groups is 2. The molecule has 2 amide bonds. The molecule has 4 rings (SSSR count). The van der Waals surface area contributed by atoms with Crippen molar-refractivity contribution in [2.45, 2.75) is 81.9 Å². The van der Waals surface area contributed by atoms with Crippen LogP contribution < -0.4 is 16.1 Å². The van der Waals surface area contributed by atoms with E-state index < -0.39 is 9.84 Å². The molecule has 2 heterocycles. The highest BCUT2D eigenvalue weighted by molar-refractivity contribution is 7.91. The average Bonchev–Trinajstić information content (AvgIpc) is 3.51. The molecule has 11 heteroatoms. The summed E-state index contributed by atoms with van der Waals surface area (Å²) in [5.41, 5.74) is 4.03. The fourth-order valence-corrected chi connectivity index (χ4v) is 6.63. The van der Waals surface area contributed by atoms with Crippen molar-refractivity contribution in [1.82, 2.24) is 20.6 Å². The third-order valence-electron chi connectivity index (χ3n) is 7.68. The van der Waals surface area contributed by atoms with Crippen LogP contribution >= 0.6 is 0 Å². The van der Waals surface area contributed by atoms with Gasteiger partial charge in [-0.1, -0.05) is 25.1 Å². The standard InChI is InChI=1S/C26H37N5O5S/c1-6-16(2)27-25(33)36-18-12-11-17(13-18)26(3)15-22(29-30-26)28-23(32)14-21-24(37(5,34)35)19-9-7-8-10-20(19)31(21)4/h7-10,16-18,30H,6,11-15H2,1-5H3,(H,27,33)(H,28,29,32)/t16-,17-,18+,26?/m0/s1. The molecule has 1 aliphatic heterocycles. The second-order valence-corrected chi connectivity index (χ2v) is 12.6. The Morgan fingerprint density at radius 3 is 2.73 bits per heavy atom. The molecule has 1 fully saturated rings. The van der Waals surface area contributed by atoms with Crippen molar-refractivity contribution < 1.29 is 22.7 Å². The van der Waals surface area contributed by atoms with E-state index in [-0.39, 0.29) is 46.9 Å². The molecule has 1 aliphatic carbocycles. The lowest BCUT2D eigenvalue weighted by Crippen LogP contribution is -2.44. The van der Waals surface area contributed by atoms with Gasteiger partial charge in [0, 0.05) is 42.4 Å². The second kappa shape index (κ2) is 10.4. The van der Waals surface area contributed by atoms with Crippen LogP contribution in [0, 0.1) is 5.92 Å². The molecule has 202 valence electrons. The van der Waals surface area contributed by atoms with Gasteiger partial charge in [-0.3, -0.25) is 4.79 Å². The number of benzene rings is 1. The van der Waals surface area contributed by atoms with E-state index >= 15 is 0 Å². The summed E-state index contributed by atoms with van der Waals surface area (Å²) in [6.45, 7) is 6.01. The van der Waals surface area contributed by atoms with Crippen LogP contribution in [-0.2, 0) is 32.8 Å².